The number of amides is 4. The van der Waals surface area contributed by atoms with Gasteiger partial charge in [0.05, 0.1) is 25.0 Å². The summed E-state index contributed by atoms with van der Waals surface area (Å²) in [4.78, 5) is 49.8. The molecule has 0 bridgehead atoms. The van der Waals surface area contributed by atoms with E-state index in [2.05, 4.69) is 30.7 Å². The Morgan fingerprint density at radius 2 is 1.90 bits per heavy atom. The monoisotopic (exact) mass is 657 g/mol. The third kappa shape index (κ3) is 8.07. The smallest absolute Gasteiger partial charge is 0.318 e. The molecule has 0 unspecified atom stereocenters. The fourth-order valence-corrected chi connectivity index (χ4v) is 6.58. The zero-order valence-corrected chi connectivity index (χ0v) is 27.9. The molecule has 3 aliphatic rings. The van der Waals surface area contributed by atoms with E-state index in [-0.39, 0.29) is 42.5 Å². The van der Waals surface area contributed by atoms with E-state index in [1.807, 2.05) is 53.7 Å². The highest BCUT2D eigenvalue weighted by Crippen LogP contribution is 2.30. The van der Waals surface area contributed by atoms with Crippen LogP contribution < -0.4 is 26.0 Å². The first-order chi connectivity index (χ1) is 23.2. The van der Waals surface area contributed by atoms with Crippen molar-refractivity contribution in [2.24, 2.45) is 5.73 Å². The average Bonchev–Trinajstić information content (AvgIpc) is 3.55. The summed E-state index contributed by atoms with van der Waals surface area (Å²) in [5.74, 6) is 0.0618. The van der Waals surface area contributed by atoms with E-state index in [4.69, 9.17) is 10.5 Å². The molecule has 2 aliphatic heterocycles. The highest BCUT2D eigenvalue weighted by atomic mass is 16.5. The number of aromatic amines is 1. The molecule has 1 aromatic carbocycles. The lowest BCUT2D eigenvalue weighted by atomic mass is 10.0. The molecule has 4 amide bonds. The Morgan fingerprint density at radius 3 is 2.62 bits per heavy atom. The molecular weight excluding hydrogens is 610 g/mol. The van der Waals surface area contributed by atoms with Crippen molar-refractivity contribution in [3.63, 3.8) is 0 Å². The Bertz CT molecular complexity index is 1560. The minimum Gasteiger partial charge on any atom is -0.478 e. The highest BCUT2D eigenvalue weighted by molar-refractivity contribution is 5.89. The van der Waals surface area contributed by atoms with Gasteiger partial charge in [0.2, 0.25) is 5.91 Å². The number of hydrogen-bond acceptors (Lipinski definition) is 8. The van der Waals surface area contributed by atoms with Crippen LogP contribution >= 0.6 is 0 Å². The maximum absolute atomic E-state index is 13.5. The summed E-state index contributed by atoms with van der Waals surface area (Å²) >= 11 is 0. The Labute approximate surface area is 281 Å². The van der Waals surface area contributed by atoms with Crippen molar-refractivity contribution in [2.45, 2.75) is 82.6 Å². The van der Waals surface area contributed by atoms with E-state index in [0.717, 1.165) is 67.6 Å². The second-order valence-corrected chi connectivity index (χ2v) is 13.5. The van der Waals surface area contributed by atoms with E-state index in [0.29, 0.717) is 31.9 Å². The molecule has 48 heavy (non-hydrogen) atoms. The van der Waals surface area contributed by atoms with Gasteiger partial charge in [0.1, 0.15) is 5.75 Å². The zero-order valence-electron chi connectivity index (χ0n) is 27.9. The Balaban J connectivity index is 1.02. The van der Waals surface area contributed by atoms with Crippen LogP contribution in [0.1, 0.15) is 58.1 Å². The number of nitrogens with zero attached hydrogens (tertiary/aromatic N) is 5. The molecule has 2 saturated heterocycles. The molecule has 3 aromatic rings. The topological polar surface area (TPSA) is 162 Å². The summed E-state index contributed by atoms with van der Waals surface area (Å²) < 4.78 is 6.17. The number of urea groups is 1. The molecule has 13 heteroatoms. The summed E-state index contributed by atoms with van der Waals surface area (Å²) in [7, 11) is 0. The largest absolute Gasteiger partial charge is 0.478 e. The number of pyridine rings is 1. The van der Waals surface area contributed by atoms with Gasteiger partial charge < -0.3 is 35.8 Å². The molecule has 13 nitrogen and oxygen atoms in total. The van der Waals surface area contributed by atoms with E-state index < -0.39 is 5.60 Å². The van der Waals surface area contributed by atoms with Crippen LogP contribution in [-0.2, 0) is 16.1 Å². The number of carbonyl (C=O) groups is 3. The number of likely N-dealkylation sites (tertiary alicyclic amines) is 1. The summed E-state index contributed by atoms with van der Waals surface area (Å²) in [6.45, 7) is 6.37. The average molecular weight is 658 g/mol. The molecular formula is C35H47N9O4. The fourth-order valence-electron chi connectivity index (χ4n) is 6.58. The number of aromatic nitrogens is 3. The minimum absolute atomic E-state index is 0.0114. The molecule has 6 rings (SSSR count). The van der Waals surface area contributed by atoms with Crippen molar-refractivity contribution in [1.29, 1.82) is 0 Å². The van der Waals surface area contributed by atoms with Gasteiger partial charge in [-0.3, -0.25) is 19.7 Å². The van der Waals surface area contributed by atoms with Crippen LogP contribution in [0.4, 0.5) is 10.5 Å². The first-order valence-corrected chi connectivity index (χ1v) is 17.0. The molecule has 5 N–H and O–H groups in total. The molecule has 1 saturated carbocycles. The van der Waals surface area contributed by atoms with E-state index in [1.165, 1.54) is 0 Å². The molecule has 3 fully saturated rings. The summed E-state index contributed by atoms with van der Waals surface area (Å²) in [5.41, 5.74) is 8.36. The number of hydrogen-bond donors (Lipinski definition) is 4. The Hall–Kier alpha value is -4.65. The van der Waals surface area contributed by atoms with Gasteiger partial charge in [-0.1, -0.05) is 12.1 Å². The second-order valence-electron chi connectivity index (χ2n) is 13.5. The summed E-state index contributed by atoms with van der Waals surface area (Å²) in [6, 6.07) is 11.9. The molecule has 2 aromatic heterocycles. The fraction of sp³-hybridized carbons (Fsp3) is 0.514. The number of carbonyl (C=O) groups excluding carboxylic acids is 3. The first kappa shape index (κ1) is 33.3. The van der Waals surface area contributed by atoms with Crippen molar-refractivity contribution < 1.29 is 19.1 Å². The highest BCUT2D eigenvalue weighted by Gasteiger charge is 2.35. The second kappa shape index (κ2) is 14.6. The molecule has 2 atom stereocenters. The van der Waals surface area contributed by atoms with Crippen molar-refractivity contribution in [3.8, 4) is 16.9 Å². The number of benzene rings is 1. The number of rotatable bonds is 12. The number of H-pyrrole nitrogens is 1. The minimum atomic E-state index is -1.20. The van der Waals surface area contributed by atoms with Gasteiger partial charge in [-0.25, -0.2) is 4.79 Å². The van der Waals surface area contributed by atoms with Gasteiger partial charge in [-0.05, 0) is 70.6 Å². The zero-order chi connectivity index (χ0) is 33.7. The predicted octanol–water partition coefficient (Wildman–Crippen LogP) is 3.04. The lowest BCUT2D eigenvalue weighted by Crippen LogP contribution is -2.52. The SMILES string of the molecule is CC(C)(Oc1cccc(N2CCC[C@H](NC(=O)N(Cc3ccc(-c4cn[nH]c4)cn3)C3CC3)C2)c1)C(=O)NCC(=O)N1CCC[C@H]1CN. The number of ether oxygens (including phenoxy) is 1. The lowest BCUT2D eigenvalue weighted by Gasteiger charge is -2.36. The third-order valence-electron chi connectivity index (χ3n) is 9.46. The molecule has 0 spiro atoms. The normalized spacial score (nSPS) is 19.6. The standard InChI is InChI=1S/C35H47N9O4/c1-35(2,33(46)38-21-32(45)43-15-5-8-30(43)17-36)48-31-9-3-7-29(16-31)42-14-4-6-27(22-42)41-34(47)44(28-12-13-28)23-26-11-10-24(18-37-26)25-19-39-40-20-25/h3,7,9-11,16,18-20,27-28,30H,4-6,8,12-15,17,21-23,36H2,1-2H3,(H,38,46)(H,39,40)(H,41,47)/t27-,30-/m0/s1. The van der Waals surface area contributed by atoms with E-state index >= 15 is 0 Å². The quantitative estimate of drug-likeness (QED) is 0.231. The van der Waals surface area contributed by atoms with Crippen molar-refractivity contribution in [1.82, 2.24) is 35.6 Å². The van der Waals surface area contributed by atoms with E-state index in [9.17, 15) is 14.4 Å². The van der Waals surface area contributed by atoms with Crippen LogP contribution in [0.3, 0.4) is 0 Å². The van der Waals surface area contributed by atoms with Crippen molar-refractivity contribution >= 4 is 23.5 Å². The maximum atomic E-state index is 13.5. The number of nitrogens with two attached hydrogens (primary N) is 1. The van der Waals surface area contributed by atoms with Gasteiger partial charge >= 0.3 is 6.03 Å². The summed E-state index contributed by atoms with van der Waals surface area (Å²) in [6.07, 6.45) is 11.1. The van der Waals surface area contributed by atoms with Gasteiger partial charge in [-0.2, -0.15) is 5.10 Å². The van der Waals surface area contributed by atoms with Crippen molar-refractivity contribution in [3.05, 3.63) is 60.7 Å². The van der Waals surface area contributed by atoms with Gasteiger partial charge in [0.25, 0.3) is 5.91 Å². The van der Waals surface area contributed by atoms with Crippen LogP contribution in [-0.4, -0.2) is 99.3 Å². The predicted molar refractivity (Wildman–Crippen MR) is 182 cm³/mol. The third-order valence-corrected chi connectivity index (χ3v) is 9.46. The molecule has 1 aliphatic carbocycles. The Kier molecular flexibility index (Phi) is 10.1. The lowest BCUT2D eigenvalue weighted by molar-refractivity contribution is -0.138. The van der Waals surface area contributed by atoms with Crippen LogP contribution in [0, 0.1) is 0 Å². The van der Waals surface area contributed by atoms with Gasteiger partial charge in [0, 0.05) is 79.6 Å². The van der Waals surface area contributed by atoms with Crippen LogP contribution in [0.25, 0.3) is 11.1 Å². The van der Waals surface area contributed by atoms with Crippen LogP contribution in [0.15, 0.2) is 55.0 Å². The molecule has 256 valence electrons. The van der Waals surface area contributed by atoms with Gasteiger partial charge in [-0.15, -0.1) is 0 Å². The van der Waals surface area contributed by atoms with Crippen molar-refractivity contribution in [2.75, 3.05) is 37.6 Å². The maximum Gasteiger partial charge on any atom is 0.318 e. The number of anilines is 1. The van der Waals surface area contributed by atoms with Gasteiger partial charge in [0.15, 0.2) is 5.60 Å². The van der Waals surface area contributed by atoms with E-state index in [1.54, 1.807) is 24.9 Å². The summed E-state index contributed by atoms with van der Waals surface area (Å²) in [5, 5.41) is 12.9. The van der Waals surface area contributed by atoms with Crippen LogP contribution in [0.2, 0.25) is 0 Å². The molecule has 0 radical (unpaired) electrons. The number of piperidine rings is 1. The molecule has 4 heterocycles. The Morgan fingerprint density at radius 1 is 1.06 bits per heavy atom. The number of nitrogens with one attached hydrogen (secondary N) is 3. The van der Waals surface area contributed by atoms with Crippen LogP contribution in [0.5, 0.6) is 5.75 Å². The first-order valence-electron chi connectivity index (χ1n) is 17.0.